The number of rotatable bonds is 4. The van der Waals surface area contributed by atoms with E-state index in [2.05, 4.69) is 5.32 Å². The minimum atomic E-state index is -0.384. The van der Waals surface area contributed by atoms with E-state index >= 15 is 0 Å². The fourth-order valence-electron chi connectivity index (χ4n) is 1.42. The molecule has 4 heteroatoms. The predicted octanol–water partition coefficient (Wildman–Crippen LogP) is 1.95. The van der Waals surface area contributed by atoms with Crippen molar-refractivity contribution in [2.24, 2.45) is 0 Å². The topological polar surface area (TPSA) is 49.3 Å². The summed E-state index contributed by atoms with van der Waals surface area (Å²) >= 11 is 1.48. The van der Waals surface area contributed by atoms with Crippen molar-refractivity contribution >= 4 is 17.2 Å². The summed E-state index contributed by atoms with van der Waals surface area (Å²) < 4.78 is 0. The Kier molecular flexibility index (Phi) is 4.29. The molecule has 0 aliphatic carbocycles. The predicted molar refractivity (Wildman–Crippen MR) is 62.3 cm³/mol. The Morgan fingerprint density at radius 1 is 1.53 bits per heavy atom. The van der Waals surface area contributed by atoms with Crippen molar-refractivity contribution in [3.05, 3.63) is 21.9 Å². The van der Waals surface area contributed by atoms with E-state index in [4.69, 9.17) is 5.11 Å². The van der Waals surface area contributed by atoms with Gasteiger partial charge in [0, 0.05) is 10.9 Å². The molecule has 0 spiro atoms. The average molecular weight is 227 g/mol. The van der Waals surface area contributed by atoms with E-state index in [1.165, 1.54) is 11.3 Å². The molecule has 1 aromatic rings. The third-order valence-corrected chi connectivity index (χ3v) is 3.04. The number of thiophene rings is 1. The zero-order valence-electron chi connectivity index (χ0n) is 9.28. The molecule has 0 aliphatic heterocycles. The van der Waals surface area contributed by atoms with E-state index in [1.807, 2.05) is 26.0 Å². The number of hydrogen-bond acceptors (Lipinski definition) is 3. The summed E-state index contributed by atoms with van der Waals surface area (Å²) in [6.07, 6.45) is 0.196. The van der Waals surface area contributed by atoms with Gasteiger partial charge in [-0.1, -0.05) is 0 Å². The van der Waals surface area contributed by atoms with Crippen molar-refractivity contribution in [3.8, 4) is 0 Å². The Morgan fingerprint density at radius 3 is 2.67 bits per heavy atom. The lowest BCUT2D eigenvalue weighted by molar-refractivity contribution is 0.0927. The minimum absolute atomic E-state index is 0.0000869. The van der Waals surface area contributed by atoms with Crippen molar-refractivity contribution in [2.45, 2.75) is 39.3 Å². The summed E-state index contributed by atoms with van der Waals surface area (Å²) in [5, 5.41) is 12.0. The van der Waals surface area contributed by atoms with Crippen LogP contribution in [-0.4, -0.2) is 23.2 Å². The molecular formula is C11H17NO2S. The van der Waals surface area contributed by atoms with Gasteiger partial charge in [0.25, 0.3) is 5.91 Å². The highest BCUT2D eigenvalue weighted by atomic mass is 32.1. The summed E-state index contributed by atoms with van der Waals surface area (Å²) in [4.78, 5) is 13.5. The van der Waals surface area contributed by atoms with Crippen LogP contribution < -0.4 is 5.32 Å². The molecule has 2 N–H and O–H groups in total. The third-order valence-electron chi connectivity index (χ3n) is 2.04. The maximum atomic E-state index is 11.7. The van der Waals surface area contributed by atoms with Gasteiger partial charge in [0.1, 0.15) is 0 Å². The molecule has 3 nitrogen and oxygen atoms in total. The molecule has 0 saturated carbocycles. The molecule has 0 aromatic carbocycles. The van der Waals surface area contributed by atoms with E-state index in [1.54, 1.807) is 6.92 Å². The number of carbonyl (C=O) groups excluding carboxylic acids is 1. The number of aliphatic hydroxyl groups excluding tert-OH is 1. The molecule has 0 radical (unpaired) electrons. The average Bonchev–Trinajstić information content (AvgIpc) is 2.49. The molecule has 1 rings (SSSR count). The maximum Gasteiger partial charge on any atom is 0.261 e. The lowest BCUT2D eigenvalue weighted by Crippen LogP contribution is -2.34. The van der Waals surface area contributed by atoms with E-state index in [0.717, 1.165) is 9.75 Å². The van der Waals surface area contributed by atoms with Crippen LogP contribution in [0.3, 0.4) is 0 Å². The van der Waals surface area contributed by atoms with Crippen LogP contribution in [0.1, 0.15) is 34.8 Å². The highest BCUT2D eigenvalue weighted by Gasteiger charge is 2.12. The van der Waals surface area contributed by atoms with Crippen molar-refractivity contribution in [2.75, 3.05) is 0 Å². The Labute approximate surface area is 94.1 Å². The molecule has 1 heterocycles. The minimum Gasteiger partial charge on any atom is -0.393 e. The largest absolute Gasteiger partial charge is 0.393 e. The van der Waals surface area contributed by atoms with Gasteiger partial charge in [-0.05, 0) is 39.3 Å². The Morgan fingerprint density at radius 2 is 2.20 bits per heavy atom. The molecular weight excluding hydrogens is 210 g/mol. The summed E-state index contributed by atoms with van der Waals surface area (Å²) in [6.45, 7) is 5.59. The van der Waals surface area contributed by atoms with Gasteiger partial charge >= 0.3 is 0 Å². The van der Waals surface area contributed by atoms with Crippen molar-refractivity contribution < 1.29 is 9.90 Å². The molecule has 0 aliphatic rings. The first-order chi connectivity index (χ1) is 6.99. The first-order valence-corrected chi connectivity index (χ1v) is 5.86. The first-order valence-electron chi connectivity index (χ1n) is 5.04. The van der Waals surface area contributed by atoms with E-state index in [0.29, 0.717) is 6.42 Å². The molecule has 84 valence electrons. The number of aliphatic hydroxyl groups is 1. The highest BCUT2D eigenvalue weighted by molar-refractivity contribution is 7.13. The second kappa shape index (κ2) is 5.28. The van der Waals surface area contributed by atoms with Crippen LogP contribution in [0.25, 0.3) is 0 Å². The molecule has 0 bridgehead atoms. The van der Waals surface area contributed by atoms with Crippen molar-refractivity contribution in [1.29, 1.82) is 0 Å². The van der Waals surface area contributed by atoms with Gasteiger partial charge in [-0.15, -0.1) is 11.3 Å². The standard InChI is InChI=1S/C11H17NO2S/c1-7(6-8(2)13)12-11(14)10-5-4-9(3)15-10/h4-5,7-8,13H,6H2,1-3H3,(H,12,14). The summed E-state index contributed by atoms with van der Waals surface area (Å²) in [7, 11) is 0. The zero-order valence-corrected chi connectivity index (χ0v) is 10.1. The summed E-state index contributed by atoms with van der Waals surface area (Å²) in [5.41, 5.74) is 0. The molecule has 2 unspecified atom stereocenters. The van der Waals surface area contributed by atoms with E-state index in [-0.39, 0.29) is 18.1 Å². The SMILES string of the molecule is Cc1ccc(C(=O)NC(C)CC(C)O)s1. The summed E-state index contributed by atoms with van der Waals surface area (Å²) in [6, 6.07) is 3.75. The second-order valence-corrected chi connectivity index (χ2v) is 5.16. The van der Waals surface area contributed by atoms with Gasteiger partial charge < -0.3 is 10.4 Å². The van der Waals surface area contributed by atoms with Crippen LogP contribution in [0.15, 0.2) is 12.1 Å². The molecule has 1 aromatic heterocycles. The normalized spacial score (nSPS) is 14.7. The third kappa shape index (κ3) is 4.01. The van der Waals surface area contributed by atoms with Gasteiger partial charge in [-0.3, -0.25) is 4.79 Å². The number of nitrogens with one attached hydrogen (secondary N) is 1. The van der Waals surface area contributed by atoms with Gasteiger partial charge in [0.2, 0.25) is 0 Å². The summed E-state index contributed by atoms with van der Waals surface area (Å²) in [5.74, 6) is -0.0544. The number of aryl methyl sites for hydroxylation is 1. The maximum absolute atomic E-state index is 11.7. The van der Waals surface area contributed by atoms with Crippen molar-refractivity contribution in [3.63, 3.8) is 0 Å². The molecule has 15 heavy (non-hydrogen) atoms. The highest BCUT2D eigenvalue weighted by Crippen LogP contribution is 2.15. The molecule has 0 fully saturated rings. The molecule has 0 saturated heterocycles. The first kappa shape index (κ1) is 12.2. The van der Waals surface area contributed by atoms with Crippen LogP contribution in [0.5, 0.6) is 0 Å². The Balaban J connectivity index is 2.49. The van der Waals surface area contributed by atoms with Gasteiger partial charge in [0.15, 0.2) is 0 Å². The molecule has 1 amide bonds. The zero-order chi connectivity index (χ0) is 11.4. The number of amides is 1. The van der Waals surface area contributed by atoms with Crippen LogP contribution in [-0.2, 0) is 0 Å². The second-order valence-electron chi connectivity index (χ2n) is 3.87. The van der Waals surface area contributed by atoms with E-state index in [9.17, 15) is 4.79 Å². The quantitative estimate of drug-likeness (QED) is 0.826. The Hall–Kier alpha value is -0.870. The Bertz CT molecular complexity index is 333. The lowest BCUT2D eigenvalue weighted by atomic mass is 10.1. The van der Waals surface area contributed by atoms with Crippen LogP contribution in [0.2, 0.25) is 0 Å². The number of hydrogen-bond donors (Lipinski definition) is 2. The van der Waals surface area contributed by atoms with Crippen LogP contribution in [0.4, 0.5) is 0 Å². The van der Waals surface area contributed by atoms with Crippen LogP contribution >= 0.6 is 11.3 Å². The van der Waals surface area contributed by atoms with Gasteiger partial charge in [0.05, 0.1) is 11.0 Å². The number of carbonyl (C=O) groups is 1. The monoisotopic (exact) mass is 227 g/mol. The van der Waals surface area contributed by atoms with Gasteiger partial charge in [-0.25, -0.2) is 0 Å². The smallest absolute Gasteiger partial charge is 0.261 e. The lowest BCUT2D eigenvalue weighted by Gasteiger charge is -2.14. The van der Waals surface area contributed by atoms with E-state index < -0.39 is 0 Å². The van der Waals surface area contributed by atoms with Gasteiger partial charge in [-0.2, -0.15) is 0 Å². The molecule has 2 atom stereocenters. The van der Waals surface area contributed by atoms with Crippen molar-refractivity contribution in [1.82, 2.24) is 5.32 Å². The fraction of sp³-hybridized carbons (Fsp3) is 0.545. The fourth-order valence-corrected chi connectivity index (χ4v) is 2.19. The van der Waals surface area contributed by atoms with Crippen LogP contribution in [0, 0.1) is 6.92 Å².